The molecule has 0 N–H and O–H groups in total. The number of nitrogens with zero attached hydrogens (tertiary/aromatic N) is 2. The highest BCUT2D eigenvalue weighted by molar-refractivity contribution is 5.67. The monoisotopic (exact) mass is 248 g/mol. The maximum atomic E-state index is 13.7. The number of aromatic nitrogens is 1. The van der Waals surface area contributed by atoms with Crippen LogP contribution in [0.4, 0.5) is 10.2 Å². The lowest BCUT2D eigenvalue weighted by Gasteiger charge is -2.04. The van der Waals surface area contributed by atoms with Crippen molar-refractivity contribution < 1.29 is 14.1 Å². The molecule has 0 unspecified atom stereocenters. The van der Waals surface area contributed by atoms with Crippen molar-refractivity contribution in [1.82, 2.24) is 4.98 Å². The Bertz CT molecular complexity index is 602. The molecule has 0 aliphatic heterocycles. The average Bonchev–Trinajstić information content (AvgIpc) is 2.38. The van der Waals surface area contributed by atoms with Gasteiger partial charge in [-0.1, -0.05) is 12.1 Å². The summed E-state index contributed by atoms with van der Waals surface area (Å²) in [6, 6.07) is 8.51. The number of halogens is 1. The Hall–Kier alpha value is -2.50. The quantitative estimate of drug-likeness (QED) is 0.618. The second kappa shape index (κ2) is 4.79. The fourth-order valence-electron chi connectivity index (χ4n) is 1.55. The number of ether oxygens (including phenoxy) is 1. The van der Waals surface area contributed by atoms with E-state index >= 15 is 0 Å². The van der Waals surface area contributed by atoms with Crippen molar-refractivity contribution in [2.45, 2.75) is 0 Å². The molecule has 1 aromatic heterocycles. The Labute approximate surface area is 102 Å². The van der Waals surface area contributed by atoms with E-state index in [1.165, 1.54) is 37.4 Å². The number of benzene rings is 1. The summed E-state index contributed by atoms with van der Waals surface area (Å²) >= 11 is 0. The first-order valence-electron chi connectivity index (χ1n) is 5.08. The van der Waals surface area contributed by atoms with Crippen molar-refractivity contribution in [1.29, 1.82) is 0 Å². The summed E-state index contributed by atoms with van der Waals surface area (Å²) in [4.78, 5) is 13.9. The third kappa shape index (κ3) is 2.13. The largest absolute Gasteiger partial charge is 0.492 e. The zero-order valence-corrected chi connectivity index (χ0v) is 9.46. The second-order valence-corrected chi connectivity index (χ2v) is 3.46. The zero-order valence-electron chi connectivity index (χ0n) is 9.46. The second-order valence-electron chi connectivity index (χ2n) is 3.46. The molecule has 0 amide bonds. The van der Waals surface area contributed by atoms with Gasteiger partial charge in [0.25, 0.3) is 0 Å². The van der Waals surface area contributed by atoms with Crippen LogP contribution in [0.15, 0.2) is 36.4 Å². The van der Waals surface area contributed by atoms with E-state index in [0.717, 1.165) is 0 Å². The molecule has 0 aliphatic carbocycles. The first kappa shape index (κ1) is 12.0. The van der Waals surface area contributed by atoms with Crippen molar-refractivity contribution in [2.75, 3.05) is 7.11 Å². The number of pyridine rings is 1. The van der Waals surface area contributed by atoms with Gasteiger partial charge in [-0.3, -0.25) is 0 Å². The van der Waals surface area contributed by atoms with E-state index in [9.17, 15) is 14.5 Å². The van der Waals surface area contributed by atoms with E-state index in [2.05, 4.69) is 4.98 Å². The molecule has 18 heavy (non-hydrogen) atoms. The topological polar surface area (TPSA) is 65.3 Å². The lowest BCUT2D eigenvalue weighted by atomic mass is 10.1. The van der Waals surface area contributed by atoms with Gasteiger partial charge in [-0.2, -0.15) is 0 Å². The first-order chi connectivity index (χ1) is 8.63. The Morgan fingerprint density at radius 1 is 1.28 bits per heavy atom. The van der Waals surface area contributed by atoms with Gasteiger partial charge in [0, 0.05) is 6.07 Å². The van der Waals surface area contributed by atoms with Gasteiger partial charge in [-0.15, -0.1) is 0 Å². The Kier molecular flexibility index (Phi) is 3.18. The molecule has 0 saturated carbocycles. The van der Waals surface area contributed by atoms with Crippen LogP contribution in [-0.4, -0.2) is 17.0 Å². The fourth-order valence-corrected chi connectivity index (χ4v) is 1.55. The molecule has 0 saturated heterocycles. The molecule has 2 aromatic rings. The molecule has 0 aliphatic rings. The van der Waals surface area contributed by atoms with Gasteiger partial charge < -0.3 is 14.9 Å². The van der Waals surface area contributed by atoms with Crippen LogP contribution in [0.3, 0.4) is 0 Å². The number of hydrogen-bond acceptors (Lipinski definition) is 4. The highest BCUT2D eigenvalue weighted by Gasteiger charge is 2.20. The highest BCUT2D eigenvalue weighted by Crippen LogP contribution is 2.31. The molecule has 0 atom stereocenters. The van der Waals surface area contributed by atoms with E-state index in [1.54, 1.807) is 6.07 Å². The molecule has 0 spiro atoms. The summed E-state index contributed by atoms with van der Waals surface area (Å²) in [6.07, 6.45) is 0. The van der Waals surface area contributed by atoms with Gasteiger partial charge in [0.1, 0.15) is 5.82 Å². The standard InChI is InChI=1S/C12H9FN2O3/c1-18-10-6-7-11(15(16)17)14-12(10)8-4-2-3-5-9(8)13/h2-7H,1H3. The smallest absolute Gasteiger partial charge is 0.364 e. The lowest BCUT2D eigenvalue weighted by molar-refractivity contribution is -0.389. The summed E-state index contributed by atoms with van der Waals surface area (Å²) in [5, 5.41) is 10.7. The third-order valence-electron chi connectivity index (χ3n) is 2.38. The molecule has 92 valence electrons. The van der Waals surface area contributed by atoms with Gasteiger partial charge in [0.05, 0.1) is 12.7 Å². The molecule has 6 heteroatoms. The van der Waals surface area contributed by atoms with Gasteiger partial charge >= 0.3 is 5.82 Å². The molecule has 5 nitrogen and oxygen atoms in total. The van der Waals surface area contributed by atoms with E-state index in [4.69, 9.17) is 4.74 Å². The minimum Gasteiger partial charge on any atom is -0.492 e. The number of nitro groups is 1. The zero-order chi connectivity index (χ0) is 13.1. The minimum absolute atomic E-state index is 0.116. The number of methoxy groups -OCH3 is 1. The van der Waals surface area contributed by atoms with Crippen LogP contribution < -0.4 is 4.74 Å². The van der Waals surface area contributed by atoms with Crippen molar-refractivity contribution in [3.8, 4) is 17.0 Å². The predicted molar refractivity (Wildman–Crippen MR) is 62.8 cm³/mol. The maximum Gasteiger partial charge on any atom is 0.364 e. The highest BCUT2D eigenvalue weighted by atomic mass is 19.1. The Morgan fingerprint density at radius 3 is 2.61 bits per heavy atom. The first-order valence-corrected chi connectivity index (χ1v) is 5.08. The van der Waals surface area contributed by atoms with Crippen LogP contribution in [0.1, 0.15) is 0 Å². The van der Waals surface area contributed by atoms with Crippen LogP contribution >= 0.6 is 0 Å². The molecule has 0 radical (unpaired) electrons. The minimum atomic E-state index is -0.635. The van der Waals surface area contributed by atoms with Crippen molar-refractivity contribution in [3.63, 3.8) is 0 Å². The summed E-state index contributed by atoms with van der Waals surface area (Å²) < 4.78 is 18.7. The van der Waals surface area contributed by atoms with Crippen molar-refractivity contribution in [2.24, 2.45) is 0 Å². The predicted octanol–water partition coefficient (Wildman–Crippen LogP) is 2.80. The molecule has 2 rings (SSSR count). The number of hydrogen-bond donors (Lipinski definition) is 0. The van der Waals surface area contributed by atoms with E-state index < -0.39 is 10.7 Å². The van der Waals surface area contributed by atoms with E-state index in [-0.39, 0.29) is 22.8 Å². The average molecular weight is 248 g/mol. The summed E-state index contributed by atoms with van der Waals surface area (Å²) in [7, 11) is 1.40. The van der Waals surface area contributed by atoms with Gasteiger partial charge in [0.15, 0.2) is 5.75 Å². The van der Waals surface area contributed by atoms with Crippen LogP contribution in [0.5, 0.6) is 5.75 Å². The SMILES string of the molecule is COc1ccc([N+](=O)[O-])nc1-c1ccccc1F. The summed E-state index contributed by atoms with van der Waals surface area (Å²) in [5.74, 6) is -0.580. The molecule has 0 bridgehead atoms. The van der Waals surface area contributed by atoms with Crippen molar-refractivity contribution in [3.05, 3.63) is 52.3 Å². The molecular weight excluding hydrogens is 239 g/mol. The number of rotatable bonds is 3. The summed E-state index contributed by atoms with van der Waals surface area (Å²) in [6.45, 7) is 0. The van der Waals surface area contributed by atoms with Gasteiger partial charge in [-0.05, 0) is 28.1 Å². The van der Waals surface area contributed by atoms with E-state index in [1.807, 2.05) is 0 Å². The summed E-state index contributed by atoms with van der Waals surface area (Å²) in [5.41, 5.74) is 0.280. The van der Waals surface area contributed by atoms with Crippen LogP contribution in [0, 0.1) is 15.9 Å². The molecule has 1 aromatic carbocycles. The van der Waals surface area contributed by atoms with Crippen LogP contribution in [0.2, 0.25) is 0 Å². The Balaban J connectivity index is 2.64. The van der Waals surface area contributed by atoms with Crippen LogP contribution in [0.25, 0.3) is 11.3 Å². The van der Waals surface area contributed by atoms with Crippen LogP contribution in [-0.2, 0) is 0 Å². The molecule has 1 heterocycles. The Morgan fingerprint density at radius 2 is 2.00 bits per heavy atom. The maximum absolute atomic E-state index is 13.7. The third-order valence-corrected chi connectivity index (χ3v) is 2.38. The lowest BCUT2D eigenvalue weighted by Crippen LogP contribution is -1.98. The fraction of sp³-hybridized carbons (Fsp3) is 0.0833. The van der Waals surface area contributed by atoms with E-state index in [0.29, 0.717) is 0 Å². The van der Waals surface area contributed by atoms with Gasteiger partial charge in [-0.25, -0.2) is 4.39 Å². The van der Waals surface area contributed by atoms with Crippen molar-refractivity contribution >= 4 is 5.82 Å². The molecule has 0 fully saturated rings. The normalized spacial score (nSPS) is 10.1. The van der Waals surface area contributed by atoms with Gasteiger partial charge in [0.2, 0.25) is 5.69 Å². The molecular formula is C12H9FN2O3.